The number of amides is 2. The first-order chi connectivity index (χ1) is 10.5. The molecule has 0 aromatic carbocycles. The van der Waals surface area contributed by atoms with Gasteiger partial charge in [0, 0.05) is 26.3 Å². The number of ether oxygens (including phenoxy) is 1. The molecule has 8 nitrogen and oxygen atoms in total. The van der Waals surface area contributed by atoms with E-state index in [4.69, 9.17) is 15.0 Å². The summed E-state index contributed by atoms with van der Waals surface area (Å²) in [7, 11) is 1.56. The van der Waals surface area contributed by atoms with Crippen molar-refractivity contribution in [2.45, 2.75) is 25.8 Å². The van der Waals surface area contributed by atoms with E-state index in [9.17, 15) is 9.59 Å². The van der Waals surface area contributed by atoms with Gasteiger partial charge in [-0.3, -0.25) is 9.59 Å². The Labute approximate surface area is 141 Å². The second-order valence-electron chi connectivity index (χ2n) is 5.54. The summed E-state index contributed by atoms with van der Waals surface area (Å²) < 4.78 is 10.1. The fourth-order valence-electron chi connectivity index (χ4n) is 2.43. The molecule has 2 rings (SSSR count). The zero-order valence-corrected chi connectivity index (χ0v) is 14.1. The largest absolute Gasteiger partial charge is 0.381 e. The number of aromatic nitrogens is 1. The zero-order valence-electron chi connectivity index (χ0n) is 13.3. The lowest BCUT2D eigenvalue weighted by atomic mass is 9.91. The highest BCUT2D eigenvalue weighted by molar-refractivity contribution is 5.94. The molecule has 130 valence electrons. The standard InChI is InChI=1S/C14H22N4O4.ClH/c1-9-7-11(17-22-9)16-12(19)8-18(2)14(20)13(15)10-3-5-21-6-4-10;/h7,10,13H,3-6,8,15H2,1-2H3,(H,16,17,19);1H. The highest BCUT2D eigenvalue weighted by Crippen LogP contribution is 2.18. The number of aryl methyl sites for hydroxylation is 1. The van der Waals surface area contributed by atoms with Crippen LogP contribution in [0.1, 0.15) is 18.6 Å². The topological polar surface area (TPSA) is 111 Å². The van der Waals surface area contributed by atoms with Gasteiger partial charge in [-0.25, -0.2) is 0 Å². The number of nitrogens with zero attached hydrogens (tertiary/aromatic N) is 2. The number of nitrogens with two attached hydrogens (primary N) is 1. The average Bonchev–Trinajstić information content (AvgIpc) is 2.91. The molecule has 1 atom stereocenters. The molecule has 2 heterocycles. The summed E-state index contributed by atoms with van der Waals surface area (Å²) in [6, 6.07) is 1.00. The summed E-state index contributed by atoms with van der Waals surface area (Å²) in [5.74, 6) is 0.449. The molecule has 9 heteroatoms. The Hall–Kier alpha value is -1.64. The Morgan fingerprint density at radius 2 is 2.13 bits per heavy atom. The summed E-state index contributed by atoms with van der Waals surface area (Å²) in [6.45, 7) is 2.90. The molecule has 23 heavy (non-hydrogen) atoms. The van der Waals surface area contributed by atoms with Crippen LogP contribution in [0.5, 0.6) is 0 Å². The van der Waals surface area contributed by atoms with E-state index in [2.05, 4.69) is 10.5 Å². The molecule has 1 aliphatic heterocycles. The second-order valence-corrected chi connectivity index (χ2v) is 5.54. The number of carbonyl (C=O) groups is 2. The van der Waals surface area contributed by atoms with Crippen molar-refractivity contribution in [2.75, 3.05) is 32.1 Å². The van der Waals surface area contributed by atoms with Gasteiger partial charge in [0.25, 0.3) is 0 Å². The summed E-state index contributed by atoms with van der Waals surface area (Å²) >= 11 is 0. The number of nitrogens with one attached hydrogen (secondary N) is 1. The van der Waals surface area contributed by atoms with Crippen molar-refractivity contribution < 1.29 is 18.8 Å². The smallest absolute Gasteiger partial charge is 0.245 e. The van der Waals surface area contributed by atoms with Crippen molar-refractivity contribution >= 4 is 30.0 Å². The van der Waals surface area contributed by atoms with Crippen LogP contribution in [-0.2, 0) is 14.3 Å². The van der Waals surface area contributed by atoms with E-state index in [1.807, 2.05) is 0 Å². The maximum Gasteiger partial charge on any atom is 0.245 e. The number of carbonyl (C=O) groups excluding carboxylic acids is 2. The summed E-state index contributed by atoms with van der Waals surface area (Å²) in [6.07, 6.45) is 1.54. The van der Waals surface area contributed by atoms with Crippen LogP contribution >= 0.6 is 12.4 Å². The molecule has 0 bridgehead atoms. The SMILES string of the molecule is Cc1cc(NC(=O)CN(C)C(=O)C(N)C2CCOCC2)no1.Cl. The monoisotopic (exact) mass is 346 g/mol. The molecule has 1 aromatic rings. The van der Waals surface area contributed by atoms with E-state index in [1.165, 1.54) is 4.90 Å². The lowest BCUT2D eigenvalue weighted by Gasteiger charge is -2.29. The Morgan fingerprint density at radius 1 is 1.48 bits per heavy atom. The van der Waals surface area contributed by atoms with Gasteiger partial charge < -0.3 is 25.2 Å². The minimum Gasteiger partial charge on any atom is -0.381 e. The first-order valence-corrected chi connectivity index (χ1v) is 7.29. The fraction of sp³-hybridized carbons (Fsp3) is 0.643. The van der Waals surface area contributed by atoms with Crippen LogP contribution in [0.3, 0.4) is 0 Å². The van der Waals surface area contributed by atoms with Crippen LogP contribution in [-0.4, -0.2) is 54.7 Å². The highest BCUT2D eigenvalue weighted by Gasteiger charge is 2.29. The first-order valence-electron chi connectivity index (χ1n) is 7.29. The van der Waals surface area contributed by atoms with Gasteiger partial charge in [-0.05, 0) is 25.7 Å². The van der Waals surface area contributed by atoms with Crippen LogP contribution in [0.2, 0.25) is 0 Å². The molecule has 1 fully saturated rings. The third-order valence-corrected chi connectivity index (χ3v) is 3.71. The van der Waals surface area contributed by atoms with Crippen LogP contribution in [0.4, 0.5) is 5.82 Å². The van der Waals surface area contributed by atoms with Gasteiger partial charge >= 0.3 is 0 Å². The van der Waals surface area contributed by atoms with E-state index in [-0.39, 0.29) is 36.7 Å². The zero-order chi connectivity index (χ0) is 16.1. The summed E-state index contributed by atoms with van der Waals surface area (Å²) in [4.78, 5) is 25.5. The Balaban J connectivity index is 0.00000264. The van der Waals surface area contributed by atoms with E-state index in [1.54, 1.807) is 20.0 Å². The third kappa shape index (κ3) is 5.49. The highest BCUT2D eigenvalue weighted by atomic mass is 35.5. The lowest BCUT2D eigenvalue weighted by molar-refractivity contribution is -0.136. The molecule has 1 unspecified atom stereocenters. The van der Waals surface area contributed by atoms with Crippen LogP contribution in [0, 0.1) is 12.8 Å². The number of halogens is 1. The molecule has 1 aromatic heterocycles. The molecule has 0 aliphatic carbocycles. The quantitative estimate of drug-likeness (QED) is 0.805. The summed E-state index contributed by atoms with van der Waals surface area (Å²) in [5.41, 5.74) is 6.02. The molecule has 0 radical (unpaired) electrons. The average molecular weight is 347 g/mol. The first kappa shape index (κ1) is 19.4. The number of likely N-dealkylation sites (N-methyl/N-ethyl adjacent to an activating group) is 1. The predicted molar refractivity (Wildman–Crippen MR) is 86.3 cm³/mol. The van der Waals surface area contributed by atoms with Crippen molar-refractivity contribution in [1.82, 2.24) is 10.1 Å². The van der Waals surface area contributed by atoms with Crippen molar-refractivity contribution in [3.8, 4) is 0 Å². The van der Waals surface area contributed by atoms with Gasteiger partial charge in [0.15, 0.2) is 5.82 Å². The van der Waals surface area contributed by atoms with E-state index < -0.39 is 6.04 Å². The van der Waals surface area contributed by atoms with Crippen molar-refractivity contribution in [1.29, 1.82) is 0 Å². The van der Waals surface area contributed by atoms with Crippen molar-refractivity contribution in [3.05, 3.63) is 11.8 Å². The maximum atomic E-state index is 12.3. The number of hydrogen-bond donors (Lipinski definition) is 2. The molecule has 1 saturated heterocycles. The number of hydrogen-bond acceptors (Lipinski definition) is 6. The van der Waals surface area contributed by atoms with Gasteiger partial charge in [0.1, 0.15) is 5.76 Å². The Bertz CT molecular complexity index is 531. The Kier molecular flexibility index (Phi) is 7.47. The molecule has 2 amide bonds. The van der Waals surface area contributed by atoms with Gasteiger partial charge in [-0.1, -0.05) is 5.16 Å². The molecule has 1 aliphatic rings. The molecule has 0 spiro atoms. The van der Waals surface area contributed by atoms with Crippen LogP contribution in [0.15, 0.2) is 10.6 Å². The molecule has 3 N–H and O–H groups in total. The summed E-state index contributed by atoms with van der Waals surface area (Å²) in [5, 5.41) is 6.24. The minimum atomic E-state index is -0.601. The van der Waals surface area contributed by atoms with Crippen LogP contribution < -0.4 is 11.1 Å². The van der Waals surface area contributed by atoms with Gasteiger partial charge in [-0.2, -0.15) is 0 Å². The third-order valence-electron chi connectivity index (χ3n) is 3.71. The lowest BCUT2D eigenvalue weighted by Crippen LogP contribution is -2.49. The predicted octanol–water partition coefficient (Wildman–Crippen LogP) is 0.556. The van der Waals surface area contributed by atoms with Gasteiger partial charge in [0.2, 0.25) is 11.8 Å². The van der Waals surface area contributed by atoms with E-state index >= 15 is 0 Å². The van der Waals surface area contributed by atoms with E-state index in [0.717, 1.165) is 12.8 Å². The van der Waals surface area contributed by atoms with Gasteiger partial charge in [0.05, 0.1) is 12.6 Å². The molecular weight excluding hydrogens is 324 g/mol. The van der Waals surface area contributed by atoms with Crippen LogP contribution in [0.25, 0.3) is 0 Å². The second kappa shape index (κ2) is 8.85. The molecular formula is C14H23ClN4O4. The number of anilines is 1. The number of rotatable bonds is 5. The van der Waals surface area contributed by atoms with E-state index in [0.29, 0.717) is 24.8 Å². The molecule has 0 saturated carbocycles. The Morgan fingerprint density at radius 3 is 2.70 bits per heavy atom. The van der Waals surface area contributed by atoms with Crippen molar-refractivity contribution in [2.24, 2.45) is 11.7 Å². The minimum absolute atomic E-state index is 0. The maximum absolute atomic E-state index is 12.3. The normalized spacial score (nSPS) is 16.3. The fourth-order valence-corrected chi connectivity index (χ4v) is 2.43. The van der Waals surface area contributed by atoms with Gasteiger partial charge in [-0.15, -0.1) is 12.4 Å². The van der Waals surface area contributed by atoms with Crippen molar-refractivity contribution in [3.63, 3.8) is 0 Å².